The topological polar surface area (TPSA) is 63.3 Å². The number of halogens is 1. The highest BCUT2D eigenvalue weighted by Gasteiger charge is 2.23. The lowest BCUT2D eigenvalue weighted by molar-refractivity contribution is 0.108. The van der Waals surface area contributed by atoms with Crippen LogP contribution in [0, 0.1) is 11.7 Å². The Morgan fingerprint density at radius 2 is 1.91 bits per heavy atom. The first-order chi connectivity index (χ1) is 15.7. The smallest absolute Gasteiger partial charge is 0.208 e. The van der Waals surface area contributed by atoms with Crippen LogP contribution in [0.15, 0.2) is 53.3 Å². The van der Waals surface area contributed by atoms with E-state index in [1.54, 1.807) is 18.2 Å². The molecule has 1 aromatic carbocycles. The number of benzene rings is 1. The Morgan fingerprint density at radius 1 is 1.21 bits per heavy atom. The van der Waals surface area contributed by atoms with E-state index in [2.05, 4.69) is 16.0 Å². The number of para-hydroxylation sites is 1. The molecule has 2 aliphatic heterocycles. The maximum atomic E-state index is 13.7. The van der Waals surface area contributed by atoms with Crippen molar-refractivity contribution in [1.29, 1.82) is 0 Å². The lowest BCUT2D eigenvalue weighted by Gasteiger charge is -2.33. The van der Waals surface area contributed by atoms with Crippen LogP contribution in [-0.2, 0) is 4.74 Å². The van der Waals surface area contributed by atoms with E-state index >= 15 is 0 Å². The molecule has 33 heavy (non-hydrogen) atoms. The van der Waals surface area contributed by atoms with E-state index in [4.69, 9.17) is 20.2 Å². The summed E-state index contributed by atoms with van der Waals surface area (Å²) in [5.41, 5.74) is 5.85. The maximum absolute atomic E-state index is 13.7. The van der Waals surface area contributed by atoms with Crippen LogP contribution >= 0.6 is 0 Å². The highest BCUT2D eigenvalue weighted by atomic mass is 19.1. The minimum atomic E-state index is -0.292. The molecule has 0 radical (unpaired) electrons. The molecule has 1 aromatic rings. The second kappa shape index (κ2) is 13.4. The zero-order valence-electron chi connectivity index (χ0n) is 20.9. The number of hydrogen-bond acceptors (Lipinski definition) is 6. The third kappa shape index (κ3) is 10.4. The fraction of sp³-hybridized carbons (Fsp3) is 0.577. The van der Waals surface area contributed by atoms with Gasteiger partial charge >= 0.3 is 0 Å². The molecule has 0 atom stereocenters. The first-order valence-electron chi connectivity index (χ1n) is 11.8. The molecule has 184 valence electrons. The minimum Gasteiger partial charge on any atom is -0.490 e. The molecule has 0 bridgehead atoms. The van der Waals surface area contributed by atoms with Gasteiger partial charge in [-0.15, -0.1) is 0 Å². The van der Waals surface area contributed by atoms with E-state index in [0.29, 0.717) is 31.4 Å². The summed E-state index contributed by atoms with van der Waals surface area (Å²) in [5.74, 6) is 1.29. The summed E-state index contributed by atoms with van der Waals surface area (Å²) in [6.45, 7) is 12.8. The van der Waals surface area contributed by atoms with Crippen molar-refractivity contribution >= 4 is 5.90 Å². The molecule has 0 saturated carbocycles. The van der Waals surface area contributed by atoms with Gasteiger partial charge in [0.1, 0.15) is 5.60 Å². The van der Waals surface area contributed by atoms with E-state index in [0.717, 1.165) is 44.1 Å². The number of allylic oxidation sites excluding steroid dienone is 1. The molecule has 0 unspecified atom stereocenters. The van der Waals surface area contributed by atoms with Crippen molar-refractivity contribution in [2.75, 3.05) is 46.4 Å². The molecule has 2 heterocycles. The van der Waals surface area contributed by atoms with E-state index < -0.39 is 0 Å². The van der Waals surface area contributed by atoms with Gasteiger partial charge in [0.2, 0.25) is 5.90 Å². The van der Waals surface area contributed by atoms with Crippen LogP contribution in [0.25, 0.3) is 0 Å². The number of rotatable bonds is 6. The van der Waals surface area contributed by atoms with Crippen LogP contribution in [0.2, 0.25) is 0 Å². The second-order valence-electron chi connectivity index (χ2n) is 9.52. The summed E-state index contributed by atoms with van der Waals surface area (Å²) in [4.78, 5) is 9.27. The molecule has 0 aromatic heterocycles. The third-order valence-corrected chi connectivity index (χ3v) is 5.22. The monoisotopic (exact) mass is 460 g/mol. The molecule has 7 heteroatoms. The number of ether oxygens (including phenoxy) is 2. The zero-order valence-corrected chi connectivity index (χ0v) is 20.9. The first kappa shape index (κ1) is 26.9. The molecular formula is C26H41FN4O2. The van der Waals surface area contributed by atoms with Gasteiger partial charge in [-0.05, 0) is 71.7 Å². The maximum Gasteiger partial charge on any atom is 0.208 e. The summed E-state index contributed by atoms with van der Waals surface area (Å²) < 4.78 is 25.3. The quantitative estimate of drug-likeness (QED) is 0.636. The number of piperidine rings is 1. The number of hydrogen-bond donors (Lipinski definition) is 1. The Kier molecular flexibility index (Phi) is 10.9. The molecule has 0 amide bonds. The highest BCUT2D eigenvalue weighted by Crippen LogP contribution is 2.22. The Bertz CT molecular complexity index is 809. The van der Waals surface area contributed by atoms with E-state index in [9.17, 15) is 4.39 Å². The Morgan fingerprint density at radius 3 is 2.48 bits per heavy atom. The number of nitrogens with zero attached hydrogens (tertiary/aromatic N) is 3. The van der Waals surface area contributed by atoms with Crippen LogP contribution in [0.5, 0.6) is 5.75 Å². The molecule has 2 N–H and O–H groups in total. The summed E-state index contributed by atoms with van der Waals surface area (Å²) in [7, 11) is 2.05. The first-order valence-corrected chi connectivity index (χ1v) is 11.8. The van der Waals surface area contributed by atoms with Crippen LogP contribution < -0.4 is 10.5 Å². The second-order valence-corrected chi connectivity index (χ2v) is 9.52. The summed E-state index contributed by atoms with van der Waals surface area (Å²) >= 11 is 0. The predicted octanol–water partition coefficient (Wildman–Crippen LogP) is 4.44. The third-order valence-electron chi connectivity index (χ3n) is 5.22. The zero-order chi connectivity index (χ0) is 24.3. The lowest BCUT2D eigenvalue weighted by atomic mass is 9.97. The average Bonchev–Trinajstić information content (AvgIpc) is 2.74. The van der Waals surface area contributed by atoms with Gasteiger partial charge in [-0.3, -0.25) is 4.90 Å². The van der Waals surface area contributed by atoms with Crippen molar-refractivity contribution in [1.82, 2.24) is 9.80 Å². The number of aliphatic imine (C=N–C) groups is 1. The summed E-state index contributed by atoms with van der Waals surface area (Å²) in [6, 6.07) is 6.60. The van der Waals surface area contributed by atoms with Gasteiger partial charge in [0.25, 0.3) is 0 Å². The van der Waals surface area contributed by atoms with Crippen molar-refractivity contribution in [3.63, 3.8) is 0 Å². The fourth-order valence-electron chi connectivity index (χ4n) is 3.67. The molecule has 0 aliphatic carbocycles. The predicted molar refractivity (Wildman–Crippen MR) is 134 cm³/mol. The Hall–Kier alpha value is -2.38. The SMILES string of the molecule is CC=CCN.CN1C=C(CN2CCC(COc3ccccc3F)CC2)N=C(OC(C)(C)C)C1. The van der Waals surface area contributed by atoms with Crippen molar-refractivity contribution in [3.8, 4) is 5.75 Å². The lowest BCUT2D eigenvalue weighted by Crippen LogP contribution is -2.38. The van der Waals surface area contributed by atoms with Crippen molar-refractivity contribution in [2.45, 2.75) is 46.1 Å². The molecule has 1 saturated heterocycles. The van der Waals surface area contributed by atoms with Crippen LogP contribution in [-0.4, -0.2) is 67.7 Å². The number of likely N-dealkylation sites (N-methyl/N-ethyl adjacent to an activating group) is 1. The van der Waals surface area contributed by atoms with Gasteiger partial charge in [-0.2, -0.15) is 0 Å². The van der Waals surface area contributed by atoms with Gasteiger partial charge < -0.3 is 20.1 Å². The standard InChI is InChI=1S/C22H32FN3O2.C4H9N/c1-22(2,3)28-21-15-25(4)13-18(24-21)14-26-11-9-17(10-12-26)16-27-20-8-6-5-7-19(20)23;1-2-3-4-5/h5-8,13,17H,9-12,14-16H2,1-4H3;2-3H,4-5H2,1H3. The molecule has 3 rings (SSSR count). The number of nitrogens with two attached hydrogens (primary N) is 1. The average molecular weight is 461 g/mol. The van der Waals surface area contributed by atoms with Crippen molar-refractivity contribution in [3.05, 3.63) is 54.1 Å². The molecule has 6 nitrogen and oxygen atoms in total. The molecule has 1 fully saturated rings. The Labute approximate surface area is 198 Å². The molecule has 2 aliphatic rings. The normalized spacial score (nSPS) is 17.8. The largest absolute Gasteiger partial charge is 0.490 e. The van der Waals surface area contributed by atoms with E-state index in [1.807, 2.05) is 46.9 Å². The molecule has 0 spiro atoms. The van der Waals surface area contributed by atoms with Gasteiger partial charge in [-0.1, -0.05) is 24.3 Å². The summed E-state index contributed by atoms with van der Waals surface area (Å²) in [5, 5.41) is 0. The van der Waals surface area contributed by atoms with Crippen molar-refractivity contribution < 1.29 is 13.9 Å². The Balaban J connectivity index is 0.000000696. The van der Waals surface area contributed by atoms with Gasteiger partial charge in [0.15, 0.2) is 11.6 Å². The van der Waals surface area contributed by atoms with Crippen LogP contribution in [0.4, 0.5) is 4.39 Å². The van der Waals surface area contributed by atoms with E-state index in [-0.39, 0.29) is 11.4 Å². The number of likely N-dealkylation sites (tertiary alicyclic amines) is 1. The van der Waals surface area contributed by atoms with Gasteiger partial charge in [-0.25, -0.2) is 9.38 Å². The summed E-state index contributed by atoms with van der Waals surface area (Å²) in [6.07, 6.45) is 8.03. The van der Waals surface area contributed by atoms with Gasteiger partial charge in [0, 0.05) is 26.3 Å². The highest BCUT2D eigenvalue weighted by molar-refractivity contribution is 5.80. The van der Waals surface area contributed by atoms with Crippen LogP contribution in [0.3, 0.4) is 0 Å². The van der Waals surface area contributed by atoms with Crippen molar-refractivity contribution in [2.24, 2.45) is 16.6 Å². The molecular weight excluding hydrogens is 419 g/mol. The van der Waals surface area contributed by atoms with E-state index in [1.165, 1.54) is 6.07 Å². The fourth-order valence-corrected chi connectivity index (χ4v) is 3.67. The van der Waals surface area contributed by atoms with Crippen LogP contribution in [0.1, 0.15) is 40.5 Å². The van der Waals surface area contributed by atoms with Gasteiger partial charge in [0.05, 0.1) is 18.8 Å². The minimum absolute atomic E-state index is 0.237.